The molecule has 0 amide bonds. The molecule has 1 aromatic rings. The van der Waals surface area contributed by atoms with Crippen molar-refractivity contribution in [3.8, 4) is 0 Å². The lowest BCUT2D eigenvalue weighted by molar-refractivity contribution is 0.426. The molecule has 0 radical (unpaired) electrons. The zero-order valence-electron chi connectivity index (χ0n) is 10.2. The summed E-state index contributed by atoms with van der Waals surface area (Å²) in [6.45, 7) is 4.39. The van der Waals surface area contributed by atoms with E-state index in [1.165, 1.54) is 30.4 Å². The van der Waals surface area contributed by atoms with Gasteiger partial charge in [-0.05, 0) is 38.7 Å². The highest BCUT2D eigenvalue weighted by molar-refractivity contribution is 5.23. The van der Waals surface area contributed by atoms with Crippen LogP contribution in [0.2, 0.25) is 0 Å². The van der Waals surface area contributed by atoms with Crippen molar-refractivity contribution in [1.82, 2.24) is 5.32 Å². The summed E-state index contributed by atoms with van der Waals surface area (Å²) in [5.74, 6) is 0. The van der Waals surface area contributed by atoms with Gasteiger partial charge in [-0.1, -0.05) is 42.0 Å². The minimum Gasteiger partial charge on any atom is -0.307 e. The van der Waals surface area contributed by atoms with Crippen LogP contribution in [0.1, 0.15) is 43.4 Å². The Hall–Kier alpha value is -1.08. The predicted octanol–water partition coefficient (Wildman–Crippen LogP) is 3.75. The fraction of sp³-hybridized carbons (Fsp3) is 0.467. The lowest BCUT2D eigenvalue weighted by atomic mass is 9.99. The minimum absolute atomic E-state index is 0.456. The molecule has 0 fully saturated rings. The molecule has 0 saturated heterocycles. The summed E-state index contributed by atoms with van der Waals surface area (Å²) in [6, 6.07) is 9.94. The van der Waals surface area contributed by atoms with E-state index in [-0.39, 0.29) is 0 Å². The van der Waals surface area contributed by atoms with Crippen molar-refractivity contribution in [1.29, 1.82) is 0 Å². The standard InChI is InChI=1S/C15H21N/c1-12-8-10-14(11-9-12)13(2)16-15-6-4-3-5-7-15/h3-4,8-11,13,15-16H,5-7H2,1-2H3. The van der Waals surface area contributed by atoms with E-state index in [4.69, 9.17) is 0 Å². The van der Waals surface area contributed by atoms with E-state index in [0.29, 0.717) is 12.1 Å². The maximum atomic E-state index is 3.70. The van der Waals surface area contributed by atoms with E-state index < -0.39 is 0 Å². The lowest BCUT2D eigenvalue weighted by Crippen LogP contribution is -2.32. The summed E-state index contributed by atoms with van der Waals surface area (Å²) < 4.78 is 0. The number of nitrogens with one attached hydrogen (secondary N) is 1. The Morgan fingerprint density at radius 3 is 2.56 bits per heavy atom. The molecule has 2 rings (SSSR count). The summed E-state index contributed by atoms with van der Waals surface area (Å²) in [5, 5.41) is 3.70. The van der Waals surface area contributed by atoms with E-state index >= 15 is 0 Å². The van der Waals surface area contributed by atoms with E-state index in [1.54, 1.807) is 0 Å². The molecule has 16 heavy (non-hydrogen) atoms. The van der Waals surface area contributed by atoms with E-state index in [1.807, 2.05) is 0 Å². The van der Waals surface area contributed by atoms with Crippen molar-refractivity contribution in [3.63, 3.8) is 0 Å². The molecule has 0 aliphatic heterocycles. The number of aryl methyl sites for hydroxylation is 1. The van der Waals surface area contributed by atoms with Gasteiger partial charge in [0.1, 0.15) is 0 Å². The third-order valence-corrected chi connectivity index (χ3v) is 3.33. The Kier molecular flexibility index (Phi) is 3.79. The largest absolute Gasteiger partial charge is 0.307 e. The normalized spacial score (nSPS) is 22.0. The highest BCUT2D eigenvalue weighted by Gasteiger charge is 2.13. The second kappa shape index (κ2) is 5.31. The molecule has 1 aromatic carbocycles. The summed E-state index contributed by atoms with van der Waals surface area (Å²) in [4.78, 5) is 0. The quantitative estimate of drug-likeness (QED) is 0.757. The van der Waals surface area contributed by atoms with Crippen molar-refractivity contribution < 1.29 is 0 Å². The summed E-state index contributed by atoms with van der Waals surface area (Å²) in [7, 11) is 0. The van der Waals surface area contributed by atoms with Crippen LogP contribution in [-0.2, 0) is 0 Å². The molecule has 0 bridgehead atoms. The van der Waals surface area contributed by atoms with Crippen molar-refractivity contribution in [2.75, 3.05) is 0 Å². The van der Waals surface area contributed by atoms with Crippen LogP contribution in [0, 0.1) is 6.92 Å². The Bertz CT molecular complexity index is 350. The van der Waals surface area contributed by atoms with Crippen LogP contribution < -0.4 is 5.32 Å². The van der Waals surface area contributed by atoms with E-state index in [2.05, 4.69) is 55.6 Å². The van der Waals surface area contributed by atoms with Gasteiger partial charge < -0.3 is 5.32 Å². The number of hydrogen-bond donors (Lipinski definition) is 1. The van der Waals surface area contributed by atoms with Crippen LogP contribution in [0.15, 0.2) is 36.4 Å². The Morgan fingerprint density at radius 1 is 1.19 bits per heavy atom. The Balaban J connectivity index is 1.94. The van der Waals surface area contributed by atoms with Crippen molar-refractivity contribution in [2.45, 2.75) is 45.2 Å². The van der Waals surface area contributed by atoms with Gasteiger partial charge in [0.2, 0.25) is 0 Å². The van der Waals surface area contributed by atoms with Gasteiger partial charge >= 0.3 is 0 Å². The average molecular weight is 215 g/mol. The van der Waals surface area contributed by atoms with Crippen LogP contribution in [0.4, 0.5) is 0 Å². The van der Waals surface area contributed by atoms with Gasteiger partial charge in [-0.25, -0.2) is 0 Å². The molecule has 0 heterocycles. The third-order valence-electron chi connectivity index (χ3n) is 3.33. The average Bonchev–Trinajstić information content (AvgIpc) is 2.31. The van der Waals surface area contributed by atoms with Crippen LogP contribution in [0.3, 0.4) is 0 Å². The molecule has 2 atom stereocenters. The molecule has 1 nitrogen and oxygen atoms in total. The first-order chi connectivity index (χ1) is 7.75. The minimum atomic E-state index is 0.456. The zero-order chi connectivity index (χ0) is 11.4. The maximum Gasteiger partial charge on any atom is 0.0294 e. The second-order valence-corrected chi connectivity index (χ2v) is 4.78. The van der Waals surface area contributed by atoms with Gasteiger partial charge in [0.05, 0.1) is 0 Å². The van der Waals surface area contributed by atoms with Gasteiger partial charge in [0.15, 0.2) is 0 Å². The Labute approximate surface area is 98.6 Å². The van der Waals surface area contributed by atoms with E-state index in [0.717, 1.165) is 0 Å². The lowest BCUT2D eigenvalue weighted by Gasteiger charge is -2.24. The SMILES string of the molecule is Cc1ccc(C(C)NC2CC=CCC2)cc1. The zero-order valence-corrected chi connectivity index (χ0v) is 10.2. The molecule has 1 aliphatic rings. The Morgan fingerprint density at radius 2 is 1.94 bits per heavy atom. The highest BCUT2D eigenvalue weighted by atomic mass is 14.9. The highest BCUT2D eigenvalue weighted by Crippen LogP contribution is 2.18. The number of allylic oxidation sites excluding steroid dienone is 1. The molecule has 86 valence electrons. The molecule has 2 unspecified atom stereocenters. The van der Waals surface area contributed by atoms with Gasteiger partial charge in [-0.3, -0.25) is 0 Å². The first kappa shape index (κ1) is 11.4. The van der Waals surface area contributed by atoms with Gasteiger partial charge in [-0.15, -0.1) is 0 Å². The summed E-state index contributed by atoms with van der Waals surface area (Å²) in [6.07, 6.45) is 8.25. The topological polar surface area (TPSA) is 12.0 Å². The maximum absolute atomic E-state index is 3.70. The number of benzene rings is 1. The van der Waals surface area contributed by atoms with E-state index in [9.17, 15) is 0 Å². The van der Waals surface area contributed by atoms with Crippen LogP contribution in [0.25, 0.3) is 0 Å². The smallest absolute Gasteiger partial charge is 0.0294 e. The summed E-state index contributed by atoms with van der Waals surface area (Å²) in [5.41, 5.74) is 2.72. The van der Waals surface area contributed by atoms with Crippen molar-refractivity contribution in [2.24, 2.45) is 0 Å². The first-order valence-electron chi connectivity index (χ1n) is 6.23. The molecule has 0 saturated carbocycles. The fourth-order valence-electron chi connectivity index (χ4n) is 2.25. The summed E-state index contributed by atoms with van der Waals surface area (Å²) >= 11 is 0. The molecule has 0 aromatic heterocycles. The van der Waals surface area contributed by atoms with Gasteiger partial charge in [0, 0.05) is 12.1 Å². The molecular weight excluding hydrogens is 194 g/mol. The van der Waals surface area contributed by atoms with Crippen LogP contribution in [-0.4, -0.2) is 6.04 Å². The molecule has 1 aliphatic carbocycles. The van der Waals surface area contributed by atoms with Gasteiger partial charge in [0.25, 0.3) is 0 Å². The molecular formula is C15H21N. The molecule has 0 spiro atoms. The molecule has 1 N–H and O–H groups in total. The van der Waals surface area contributed by atoms with Crippen LogP contribution in [0.5, 0.6) is 0 Å². The monoisotopic (exact) mass is 215 g/mol. The van der Waals surface area contributed by atoms with Crippen LogP contribution >= 0.6 is 0 Å². The predicted molar refractivity (Wildman–Crippen MR) is 69.5 cm³/mol. The van der Waals surface area contributed by atoms with Crippen molar-refractivity contribution in [3.05, 3.63) is 47.5 Å². The fourth-order valence-corrected chi connectivity index (χ4v) is 2.25. The first-order valence-corrected chi connectivity index (χ1v) is 6.23. The third kappa shape index (κ3) is 2.96. The van der Waals surface area contributed by atoms with Crippen molar-refractivity contribution >= 4 is 0 Å². The second-order valence-electron chi connectivity index (χ2n) is 4.78. The van der Waals surface area contributed by atoms with Gasteiger partial charge in [-0.2, -0.15) is 0 Å². The number of rotatable bonds is 3. The molecule has 1 heteroatoms. The number of hydrogen-bond acceptors (Lipinski definition) is 1.